The molecule has 11 heteroatoms. The Morgan fingerprint density at radius 1 is 0.833 bits per heavy atom. The highest BCUT2D eigenvalue weighted by Gasteiger charge is 2.53. The van der Waals surface area contributed by atoms with Crippen molar-refractivity contribution in [1.82, 2.24) is 0 Å². The van der Waals surface area contributed by atoms with Crippen molar-refractivity contribution < 1.29 is 53.6 Å². The summed E-state index contributed by atoms with van der Waals surface area (Å²) in [6.45, 7) is 3.71. The number of aliphatic hydroxyl groups excluding tert-OH is 4. The van der Waals surface area contributed by atoms with Crippen LogP contribution in [-0.4, -0.2) is 102 Å². The normalized spacial score (nSPS) is 36.7. The van der Waals surface area contributed by atoms with Gasteiger partial charge in [0.1, 0.15) is 48.8 Å². The molecule has 0 aromatic heterocycles. The van der Waals surface area contributed by atoms with Crippen molar-refractivity contribution in [2.75, 3.05) is 19.8 Å². The molecule has 3 aliphatic heterocycles. The largest absolute Gasteiger partial charge is 0.394 e. The summed E-state index contributed by atoms with van der Waals surface area (Å²) in [5.74, 6) is 0. The standard InChI is InChI=1S/C31H40O11/c1-2-3-10-15-36-30-24(34)23(33)26(21(16-32)39-30)41-31-25(35)28(37-17-19-11-6-4-7-12-19)27-22(40-31)18-38-29(42-27)20-13-8-5-9-14-20/h2,4-9,11-14,21-35H,1,3,10,15-18H2/t21-,22-,23-,24-,25-,26-,27+,28-,29+,30-,31+/m1/s1. The molecule has 3 aliphatic rings. The number of rotatable bonds is 12. The molecule has 0 spiro atoms. The molecule has 3 saturated heterocycles. The molecule has 230 valence electrons. The van der Waals surface area contributed by atoms with Crippen LogP contribution in [0.3, 0.4) is 0 Å². The third-order valence-electron chi connectivity index (χ3n) is 7.61. The molecule has 11 atom stereocenters. The van der Waals surface area contributed by atoms with E-state index >= 15 is 0 Å². The van der Waals surface area contributed by atoms with E-state index in [0.717, 1.165) is 11.1 Å². The summed E-state index contributed by atoms with van der Waals surface area (Å²) in [5, 5.41) is 43.2. The van der Waals surface area contributed by atoms with E-state index in [2.05, 4.69) is 6.58 Å². The highest BCUT2D eigenvalue weighted by molar-refractivity contribution is 5.17. The van der Waals surface area contributed by atoms with Crippen LogP contribution in [0, 0.1) is 0 Å². The summed E-state index contributed by atoms with van der Waals surface area (Å²) in [4.78, 5) is 0. The van der Waals surface area contributed by atoms with Crippen LogP contribution in [0.1, 0.15) is 30.3 Å². The molecule has 42 heavy (non-hydrogen) atoms. The predicted octanol–water partition coefficient (Wildman–Crippen LogP) is 1.58. The van der Waals surface area contributed by atoms with Crippen molar-refractivity contribution >= 4 is 0 Å². The van der Waals surface area contributed by atoms with Crippen molar-refractivity contribution in [2.24, 2.45) is 0 Å². The zero-order chi connectivity index (χ0) is 29.5. The molecular weight excluding hydrogens is 548 g/mol. The summed E-state index contributed by atoms with van der Waals surface area (Å²) >= 11 is 0. The molecule has 0 aliphatic carbocycles. The van der Waals surface area contributed by atoms with Gasteiger partial charge in [-0.3, -0.25) is 0 Å². The maximum absolute atomic E-state index is 11.5. The second kappa shape index (κ2) is 15.0. The van der Waals surface area contributed by atoms with Crippen LogP contribution in [0.4, 0.5) is 0 Å². The van der Waals surface area contributed by atoms with Gasteiger partial charge in [0.05, 0.1) is 26.4 Å². The maximum atomic E-state index is 11.5. The minimum atomic E-state index is -1.50. The first-order valence-electron chi connectivity index (χ1n) is 14.3. The van der Waals surface area contributed by atoms with Gasteiger partial charge in [-0.05, 0) is 18.4 Å². The number of ether oxygens (including phenoxy) is 7. The molecule has 3 heterocycles. The zero-order valence-corrected chi connectivity index (χ0v) is 23.3. The van der Waals surface area contributed by atoms with Crippen molar-refractivity contribution in [3.05, 3.63) is 84.4 Å². The second-order valence-electron chi connectivity index (χ2n) is 10.6. The van der Waals surface area contributed by atoms with E-state index in [1.165, 1.54) is 0 Å². The summed E-state index contributed by atoms with van der Waals surface area (Å²) in [5.41, 5.74) is 1.71. The van der Waals surface area contributed by atoms with Crippen LogP contribution in [-0.2, 0) is 39.8 Å². The van der Waals surface area contributed by atoms with Gasteiger partial charge in [0, 0.05) is 5.56 Å². The number of unbranched alkanes of at least 4 members (excludes halogenated alkanes) is 1. The first-order chi connectivity index (χ1) is 20.5. The summed E-state index contributed by atoms with van der Waals surface area (Å²) in [6.07, 6.45) is -8.97. The lowest BCUT2D eigenvalue weighted by Gasteiger charge is -2.49. The quantitative estimate of drug-likeness (QED) is 0.212. The molecule has 0 unspecified atom stereocenters. The minimum absolute atomic E-state index is 0.123. The molecule has 0 radical (unpaired) electrons. The van der Waals surface area contributed by atoms with Gasteiger partial charge >= 0.3 is 0 Å². The van der Waals surface area contributed by atoms with E-state index < -0.39 is 74.3 Å². The zero-order valence-electron chi connectivity index (χ0n) is 23.3. The molecule has 0 amide bonds. The van der Waals surface area contributed by atoms with Gasteiger partial charge in [0.25, 0.3) is 0 Å². The van der Waals surface area contributed by atoms with E-state index in [4.69, 9.17) is 33.2 Å². The molecule has 2 aromatic carbocycles. The van der Waals surface area contributed by atoms with E-state index in [-0.39, 0.29) is 19.8 Å². The average molecular weight is 589 g/mol. The van der Waals surface area contributed by atoms with E-state index in [0.29, 0.717) is 12.8 Å². The Labute approximate surface area is 245 Å². The summed E-state index contributed by atoms with van der Waals surface area (Å²) in [6, 6.07) is 18.9. The van der Waals surface area contributed by atoms with E-state index in [9.17, 15) is 20.4 Å². The van der Waals surface area contributed by atoms with E-state index in [1.54, 1.807) is 6.08 Å². The first-order valence-corrected chi connectivity index (χ1v) is 14.3. The Hall–Kier alpha value is -2.26. The van der Waals surface area contributed by atoms with Crippen LogP contribution < -0.4 is 0 Å². The van der Waals surface area contributed by atoms with Gasteiger partial charge < -0.3 is 53.6 Å². The molecule has 3 fully saturated rings. The predicted molar refractivity (Wildman–Crippen MR) is 148 cm³/mol. The summed E-state index contributed by atoms with van der Waals surface area (Å²) in [7, 11) is 0. The number of aliphatic hydroxyl groups is 4. The van der Waals surface area contributed by atoms with Gasteiger partial charge in [-0.15, -0.1) is 6.58 Å². The maximum Gasteiger partial charge on any atom is 0.187 e. The third-order valence-corrected chi connectivity index (χ3v) is 7.61. The van der Waals surface area contributed by atoms with Crippen molar-refractivity contribution in [2.45, 2.75) is 87.2 Å². The molecule has 2 aromatic rings. The lowest BCUT2D eigenvalue weighted by atomic mass is 9.96. The van der Waals surface area contributed by atoms with Crippen molar-refractivity contribution in [3.63, 3.8) is 0 Å². The Morgan fingerprint density at radius 2 is 1.57 bits per heavy atom. The van der Waals surface area contributed by atoms with Gasteiger partial charge in [-0.2, -0.15) is 0 Å². The monoisotopic (exact) mass is 588 g/mol. The fourth-order valence-corrected chi connectivity index (χ4v) is 5.35. The summed E-state index contributed by atoms with van der Waals surface area (Å²) < 4.78 is 41.9. The van der Waals surface area contributed by atoms with E-state index in [1.807, 2.05) is 60.7 Å². The number of allylic oxidation sites excluding steroid dienone is 1. The molecule has 5 rings (SSSR count). The molecular formula is C31H40O11. The number of benzene rings is 2. The van der Waals surface area contributed by atoms with Crippen LogP contribution >= 0.6 is 0 Å². The number of hydrogen-bond donors (Lipinski definition) is 4. The minimum Gasteiger partial charge on any atom is -0.394 e. The Morgan fingerprint density at radius 3 is 2.29 bits per heavy atom. The van der Waals surface area contributed by atoms with Crippen LogP contribution in [0.5, 0.6) is 0 Å². The fourth-order valence-electron chi connectivity index (χ4n) is 5.35. The topological polar surface area (TPSA) is 146 Å². The van der Waals surface area contributed by atoms with Gasteiger partial charge in [0.2, 0.25) is 0 Å². The van der Waals surface area contributed by atoms with Crippen LogP contribution in [0.25, 0.3) is 0 Å². The Bertz CT molecular complexity index is 1090. The molecule has 11 nitrogen and oxygen atoms in total. The number of hydrogen-bond acceptors (Lipinski definition) is 11. The highest BCUT2D eigenvalue weighted by atomic mass is 16.8. The second-order valence-corrected chi connectivity index (χ2v) is 10.6. The Kier molecular flexibility index (Phi) is 11.1. The smallest absolute Gasteiger partial charge is 0.187 e. The van der Waals surface area contributed by atoms with Crippen LogP contribution in [0.2, 0.25) is 0 Å². The Balaban J connectivity index is 1.30. The van der Waals surface area contributed by atoms with Crippen LogP contribution in [0.15, 0.2) is 73.3 Å². The van der Waals surface area contributed by atoms with Gasteiger partial charge in [-0.25, -0.2) is 0 Å². The molecule has 0 bridgehead atoms. The average Bonchev–Trinajstić information content (AvgIpc) is 3.03. The number of fused-ring (bicyclic) bond motifs is 1. The van der Waals surface area contributed by atoms with Gasteiger partial charge in [-0.1, -0.05) is 66.7 Å². The van der Waals surface area contributed by atoms with Crippen molar-refractivity contribution in [1.29, 1.82) is 0 Å². The third kappa shape index (κ3) is 7.26. The van der Waals surface area contributed by atoms with Gasteiger partial charge in [0.15, 0.2) is 18.9 Å². The SMILES string of the molecule is C=CCCCO[C@@H]1O[C@H](CO)[C@@H](O[C@@H]2O[C@@H]3CO[C@H](c4ccccc4)O[C@@H]3[C@H](OCc3ccccc3)[C@H]2O)[C@H](O)[C@H]1O. The fraction of sp³-hybridized carbons (Fsp3) is 0.548. The first kappa shape index (κ1) is 31.2. The van der Waals surface area contributed by atoms with Crippen molar-refractivity contribution in [3.8, 4) is 0 Å². The lowest BCUT2D eigenvalue weighted by molar-refractivity contribution is -0.389. The molecule has 4 N–H and O–H groups in total. The highest BCUT2D eigenvalue weighted by Crippen LogP contribution is 2.37. The molecule has 0 saturated carbocycles. The lowest BCUT2D eigenvalue weighted by Crippen LogP contribution is -2.66.